The molecule has 0 spiro atoms. The van der Waals surface area contributed by atoms with Crippen LogP contribution in [0, 0.1) is 0 Å². The van der Waals surface area contributed by atoms with Crippen molar-refractivity contribution in [2.24, 2.45) is 0 Å². The number of rotatable bonds is 1. The Bertz CT molecular complexity index is 442. The van der Waals surface area contributed by atoms with Gasteiger partial charge in [-0.15, -0.1) is 0 Å². The van der Waals surface area contributed by atoms with Gasteiger partial charge in [-0.25, -0.2) is 4.98 Å². The predicted octanol–water partition coefficient (Wildman–Crippen LogP) is -0.0924. The van der Waals surface area contributed by atoms with Crippen molar-refractivity contribution in [2.45, 2.75) is 12.6 Å². The molecule has 1 atom stereocenters. The van der Waals surface area contributed by atoms with Gasteiger partial charge in [-0.2, -0.15) is 5.10 Å². The number of nitrogens with one attached hydrogen (secondary N) is 3. The Balaban J connectivity index is 2.05. The molecule has 0 aromatic carbocycles. The third-order valence-electron chi connectivity index (χ3n) is 2.44. The van der Waals surface area contributed by atoms with Gasteiger partial charge in [0.1, 0.15) is 0 Å². The van der Waals surface area contributed by atoms with Crippen molar-refractivity contribution < 1.29 is 0 Å². The van der Waals surface area contributed by atoms with E-state index in [0.29, 0.717) is 5.95 Å². The summed E-state index contributed by atoms with van der Waals surface area (Å²) in [6.07, 6.45) is 3.65. The van der Waals surface area contributed by atoms with E-state index >= 15 is 0 Å². The third-order valence-corrected chi connectivity index (χ3v) is 2.44. The van der Waals surface area contributed by atoms with E-state index < -0.39 is 0 Å². The lowest BCUT2D eigenvalue weighted by Crippen LogP contribution is -2.14. The minimum Gasteiger partial charge on any atom is -0.369 e. The fraction of sp³-hybridized carbons (Fsp3) is 0.250. The Labute approximate surface area is 79.9 Å². The zero-order chi connectivity index (χ0) is 9.54. The van der Waals surface area contributed by atoms with E-state index in [9.17, 15) is 0 Å². The second-order valence-electron chi connectivity index (χ2n) is 3.33. The SMILES string of the molecule is Nc1nc2c([nH]1)CNC2c1cn[nH]c1. The first-order valence-electron chi connectivity index (χ1n) is 4.41. The molecule has 1 aliphatic heterocycles. The second kappa shape index (κ2) is 2.58. The van der Waals surface area contributed by atoms with E-state index in [1.54, 1.807) is 6.20 Å². The highest BCUT2D eigenvalue weighted by Gasteiger charge is 2.27. The minimum atomic E-state index is 0.109. The Morgan fingerprint density at radius 2 is 2.43 bits per heavy atom. The van der Waals surface area contributed by atoms with E-state index in [2.05, 4.69) is 25.5 Å². The molecule has 1 unspecified atom stereocenters. The predicted molar refractivity (Wildman–Crippen MR) is 50.3 cm³/mol. The number of anilines is 1. The van der Waals surface area contributed by atoms with Crippen LogP contribution in [-0.4, -0.2) is 20.2 Å². The van der Waals surface area contributed by atoms with E-state index in [1.165, 1.54) is 0 Å². The fourth-order valence-electron chi connectivity index (χ4n) is 1.81. The number of fused-ring (bicyclic) bond motifs is 1. The molecule has 0 bridgehead atoms. The molecule has 0 aliphatic carbocycles. The standard InChI is InChI=1S/C8H10N6/c9-8-13-5-3-10-6(7(5)14-8)4-1-11-12-2-4/h1-2,6,10H,3H2,(H,11,12)(H3,9,13,14). The molecular formula is C8H10N6. The van der Waals surface area contributed by atoms with Crippen LogP contribution in [0.4, 0.5) is 5.95 Å². The van der Waals surface area contributed by atoms with Crippen LogP contribution in [0.25, 0.3) is 0 Å². The molecule has 3 heterocycles. The maximum atomic E-state index is 5.59. The summed E-state index contributed by atoms with van der Waals surface area (Å²) in [7, 11) is 0. The number of nitrogens with two attached hydrogens (primary N) is 1. The molecule has 14 heavy (non-hydrogen) atoms. The van der Waals surface area contributed by atoms with Gasteiger partial charge in [-0.05, 0) is 0 Å². The van der Waals surface area contributed by atoms with Crippen molar-refractivity contribution in [3.8, 4) is 0 Å². The summed E-state index contributed by atoms with van der Waals surface area (Å²) < 4.78 is 0. The molecule has 5 N–H and O–H groups in total. The zero-order valence-corrected chi connectivity index (χ0v) is 7.41. The average Bonchev–Trinajstić information content (AvgIpc) is 2.77. The first kappa shape index (κ1) is 7.57. The highest BCUT2D eigenvalue weighted by atomic mass is 15.1. The quantitative estimate of drug-likeness (QED) is 0.505. The van der Waals surface area contributed by atoms with Crippen molar-refractivity contribution in [2.75, 3.05) is 5.73 Å². The average molecular weight is 190 g/mol. The third kappa shape index (κ3) is 0.942. The summed E-state index contributed by atoms with van der Waals surface area (Å²) >= 11 is 0. The number of hydrogen-bond donors (Lipinski definition) is 4. The summed E-state index contributed by atoms with van der Waals surface area (Å²) in [5.41, 5.74) is 8.71. The van der Waals surface area contributed by atoms with Gasteiger partial charge in [0.2, 0.25) is 0 Å². The van der Waals surface area contributed by atoms with Crippen LogP contribution >= 0.6 is 0 Å². The Hall–Kier alpha value is -1.82. The number of nitrogens with zero attached hydrogens (tertiary/aromatic N) is 2. The molecule has 2 aromatic heterocycles. The van der Waals surface area contributed by atoms with Crippen LogP contribution in [0.1, 0.15) is 23.0 Å². The number of hydrogen-bond acceptors (Lipinski definition) is 4. The Kier molecular flexibility index (Phi) is 1.40. The molecule has 1 aliphatic rings. The number of aromatic nitrogens is 4. The molecule has 6 nitrogen and oxygen atoms in total. The van der Waals surface area contributed by atoms with Crippen LogP contribution in [0.5, 0.6) is 0 Å². The lowest BCUT2D eigenvalue weighted by Gasteiger charge is -2.06. The second-order valence-corrected chi connectivity index (χ2v) is 3.33. The highest BCUT2D eigenvalue weighted by molar-refractivity contribution is 5.36. The van der Waals surface area contributed by atoms with E-state index in [0.717, 1.165) is 23.5 Å². The van der Waals surface area contributed by atoms with E-state index in [-0.39, 0.29) is 6.04 Å². The molecule has 0 saturated carbocycles. The van der Waals surface area contributed by atoms with Gasteiger partial charge in [-0.1, -0.05) is 0 Å². The molecule has 2 aromatic rings. The summed E-state index contributed by atoms with van der Waals surface area (Å²) in [5, 5.41) is 10.0. The smallest absolute Gasteiger partial charge is 0.198 e. The first-order valence-corrected chi connectivity index (χ1v) is 4.41. The van der Waals surface area contributed by atoms with Gasteiger partial charge < -0.3 is 10.7 Å². The van der Waals surface area contributed by atoms with Gasteiger partial charge in [0.25, 0.3) is 0 Å². The highest BCUT2D eigenvalue weighted by Crippen LogP contribution is 2.28. The van der Waals surface area contributed by atoms with E-state index in [4.69, 9.17) is 5.73 Å². The Morgan fingerprint density at radius 3 is 3.21 bits per heavy atom. The lowest BCUT2D eigenvalue weighted by molar-refractivity contribution is 0.652. The number of imidazole rings is 1. The molecule has 0 fully saturated rings. The molecule has 72 valence electrons. The Morgan fingerprint density at radius 1 is 1.50 bits per heavy atom. The zero-order valence-electron chi connectivity index (χ0n) is 7.41. The molecule has 0 saturated heterocycles. The maximum Gasteiger partial charge on any atom is 0.198 e. The lowest BCUT2D eigenvalue weighted by atomic mass is 10.1. The first-order chi connectivity index (χ1) is 6.84. The van der Waals surface area contributed by atoms with Crippen LogP contribution < -0.4 is 11.1 Å². The number of nitrogen functional groups attached to an aromatic ring is 1. The van der Waals surface area contributed by atoms with Crippen LogP contribution in [0.2, 0.25) is 0 Å². The molecule has 0 radical (unpaired) electrons. The normalized spacial score (nSPS) is 19.9. The largest absolute Gasteiger partial charge is 0.369 e. The minimum absolute atomic E-state index is 0.109. The van der Waals surface area contributed by atoms with Gasteiger partial charge in [0.05, 0.1) is 23.6 Å². The van der Waals surface area contributed by atoms with E-state index in [1.807, 2.05) is 6.20 Å². The van der Waals surface area contributed by atoms with Gasteiger partial charge in [0, 0.05) is 18.3 Å². The van der Waals surface area contributed by atoms with Crippen LogP contribution in [0.3, 0.4) is 0 Å². The summed E-state index contributed by atoms with van der Waals surface area (Å²) in [4.78, 5) is 7.27. The summed E-state index contributed by atoms with van der Waals surface area (Å²) in [6, 6.07) is 0.109. The maximum absolute atomic E-state index is 5.59. The molecule has 3 rings (SSSR count). The molecular weight excluding hydrogens is 180 g/mol. The molecule has 0 amide bonds. The monoisotopic (exact) mass is 190 g/mol. The topological polar surface area (TPSA) is 95.4 Å². The number of aromatic amines is 2. The van der Waals surface area contributed by atoms with Gasteiger partial charge >= 0.3 is 0 Å². The van der Waals surface area contributed by atoms with Crippen molar-refractivity contribution in [1.82, 2.24) is 25.5 Å². The fourth-order valence-corrected chi connectivity index (χ4v) is 1.81. The van der Waals surface area contributed by atoms with Crippen LogP contribution in [0.15, 0.2) is 12.4 Å². The summed E-state index contributed by atoms with van der Waals surface area (Å²) in [5.74, 6) is 0.477. The van der Waals surface area contributed by atoms with Crippen molar-refractivity contribution in [1.29, 1.82) is 0 Å². The molecule has 6 heteroatoms. The number of H-pyrrole nitrogens is 2. The van der Waals surface area contributed by atoms with Crippen molar-refractivity contribution >= 4 is 5.95 Å². The van der Waals surface area contributed by atoms with Crippen molar-refractivity contribution in [3.63, 3.8) is 0 Å². The van der Waals surface area contributed by atoms with Gasteiger partial charge in [-0.3, -0.25) is 10.4 Å². The van der Waals surface area contributed by atoms with Crippen LogP contribution in [-0.2, 0) is 6.54 Å². The summed E-state index contributed by atoms with van der Waals surface area (Å²) in [6.45, 7) is 0.773. The van der Waals surface area contributed by atoms with Crippen molar-refractivity contribution in [3.05, 3.63) is 29.3 Å². The van der Waals surface area contributed by atoms with Gasteiger partial charge in [0.15, 0.2) is 5.95 Å².